The van der Waals surface area contributed by atoms with E-state index in [1.165, 1.54) is 0 Å². The molecule has 0 fully saturated rings. The lowest BCUT2D eigenvalue weighted by molar-refractivity contribution is 0.475. The smallest absolute Gasteiger partial charge is 0.159 e. The number of aryl methyl sites for hydroxylation is 1. The highest BCUT2D eigenvalue weighted by molar-refractivity contribution is 5.58. The van der Waals surface area contributed by atoms with Gasteiger partial charge in [0.1, 0.15) is 5.75 Å². The quantitative estimate of drug-likeness (QED) is 0.713. The molecule has 0 unspecified atom stereocenters. The Bertz CT molecular complexity index is 540. The van der Waals surface area contributed by atoms with Gasteiger partial charge < -0.3 is 16.2 Å². The summed E-state index contributed by atoms with van der Waals surface area (Å²) in [7, 11) is 0. The summed E-state index contributed by atoms with van der Waals surface area (Å²) in [6.45, 7) is 3.42. The maximum Gasteiger partial charge on any atom is 0.159 e. The van der Waals surface area contributed by atoms with Crippen molar-refractivity contribution in [2.75, 3.05) is 18.4 Å². The van der Waals surface area contributed by atoms with Crippen LogP contribution in [0.2, 0.25) is 0 Å². The van der Waals surface area contributed by atoms with Crippen molar-refractivity contribution in [1.82, 2.24) is 9.97 Å². The molecule has 1 aromatic heterocycles. The Labute approximate surface area is 112 Å². The average molecular weight is 258 g/mol. The fourth-order valence-corrected chi connectivity index (χ4v) is 1.72. The number of benzene rings is 1. The first-order valence-electron chi connectivity index (χ1n) is 6.27. The molecular formula is C14H18N4O. The molecule has 0 atom stereocenters. The first-order valence-corrected chi connectivity index (χ1v) is 6.27. The van der Waals surface area contributed by atoms with Crippen LogP contribution in [0.15, 0.2) is 30.5 Å². The van der Waals surface area contributed by atoms with Crippen molar-refractivity contribution < 1.29 is 5.11 Å². The predicted octanol–water partition coefficient (Wildman–Crippen LogP) is 1.92. The topological polar surface area (TPSA) is 84.1 Å². The maximum absolute atomic E-state index is 9.26. The van der Waals surface area contributed by atoms with Crippen LogP contribution in [0.25, 0.3) is 11.4 Å². The summed E-state index contributed by atoms with van der Waals surface area (Å²) in [5.74, 6) is 0.891. The molecule has 5 nitrogen and oxygen atoms in total. The van der Waals surface area contributed by atoms with Gasteiger partial charge in [0.05, 0.1) is 17.6 Å². The number of phenolic OH excluding ortho intramolecular Hbond substituents is 1. The number of nitrogens with one attached hydrogen (secondary N) is 1. The molecule has 4 N–H and O–H groups in total. The normalized spacial score (nSPS) is 10.4. The Morgan fingerprint density at radius 3 is 2.63 bits per heavy atom. The van der Waals surface area contributed by atoms with Crippen molar-refractivity contribution in [3.8, 4) is 17.1 Å². The van der Waals surface area contributed by atoms with Crippen molar-refractivity contribution in [3.05, 3.63) is 36.2 Å². The monoisotopic (exact) mass is 258 g/mol. The van der Waals surface area contributed by atoms with Gasteiger partial charge in [-0.3, -0.25) is 0 Å². The Kier molecular flexibility index (Phi) is 4.30. The number of anilines is 1. The lowest BCUT2D eigenvalue weighted by atomic mass is 10.2. The zero-order valence-electron chi connectivity index (χ0n) is 10.9. The van der Waals surface area contributed by atoms with Crippen LogP contribution in [0.3, 0.4) is 0 Å². The van der Waals surface area contributed by atoms with Gasteiger partial charge in [0.25, 0.3) is 0 Å². The molecule has 2 aromatic rings. The van der Waals surface area contributed by atoms with Gasteiger partial charge in [-0.2, -0.15) is 0 Å². The number of hydrogen-bond acceptors (Lipinski definition) is 5. The first-order chi connectivity index (χ1) is 9.20. The summed E-state index contributed by atoms with van der Waals surface area (Å²) >= 11 is 0. The molecular weight excluding hydrogens is 240 g/mol. The fourth-order valence-electron chi connectivity index (χ4n) is 1.72. The van der Waals surface area contributed by atoms with Crippen LogP contribution in [0.1, 0.15) is 12.1 Å². The summed E-state index contributed by atoms with van der Waals surface area (Å²) in [4.78, 5) is 8.80. The lowest BCUT2D eigenvalue weighted by Crippen LogP contribution is -2.10. The Morgan fingerprint density at radius 2 is 2.00 bits per heavy atom. The van der Waals surface area contributed by atoms with E-state index >= 15 is 0 Å². The zero-order chi connectivity index (χ0) is 13.7. The molecule has 0 aliphatic rings. The molecule has 0 spiro atoms. The van der Waals surface area contributed by atoms with E-state index in [1.807, 2.05) is 6.92 Å². The second kappa shape index (κ2) is 6.15. The SMILES string of the molecule is Cc1nc(-c2ccc(O)cc2)ncc1NCCCN. The molecule has 0 radical (unpaired) electrons. The molecule has 0 saturated carbocycles. The van der Waals surface area contributed by atoms with Crippen molar-refractivity contribution in [1.29, 1.82) is 0 Å². The fraction of sp³-hybridized carbons (Fsp3) is 0.286. The van der Waals surface area contributed by atoms with Gasteiger partial charge in [-0.15, -0.1) is 0 Å². The number of nitrogens with zero attached hydrogens (tertiary/aromatic N) is 2. The van der Waals surface area contributed by atoms with Crippen LogP contribution in [-0.2, 0) is 0 Å². The predicted molar refractivity (Wildman–Crippen MR) is 76.0 cm³/mol. The van der Waals surface area contributed by atoms with E-state index in [0.717, 1.165) is 29.9 Å². The van der Waals surface area contributed by atoms with Crippen LogP contribution in [0.4, 0.5) is 5.69 Å². The van der Waals surface area contributed by atoms with Gasteiger partial charge in [-0.1, -0.05) is 0 Å². The number of rotatable bonds is 5. The minimum atomic E-state index is 0.237. The van der Waals surface area contributed by atoms with E-state index in [2.05, 4.69) is 15.3 Å². The van der Waals surface area contributed by atoms with Crippen molar-refractivity contribution in [3.63, 3.8) is 0 Å². The van der Waals surface area contributed by atoms with E-state index in [-0.39, 0.29) is 5.75 Å². The summed E-state index contributed by atoms with van der Waals surface area (Å²) in [6, 6.07) is 6.85. The van der Waals surface area contributed by atoms with E-state index in [0.29, 0.717) is 12.4 Å². The minimum absolute atomic E-state index is 0.237. The highest BCUT2D eigenvalue weighted by atomic mass is 16.3. The third-order valence-electron chi connectivity index (χ3n) is 2.80. The van der Waals surface area contributed by atoms with E-state index in [4.69, 9.17) is 5.73 Å². The van der Waals surface area contributed by atoms with Gasteiger partial charge in [0.15, 0.2) is 5.82 Å². The summed E-state index contributed by atoms with van der Waals surface area (Å²) in [5, 5.41) is 12.5. The van der Waals surface area contributed by atoms with Crippen molar-refractivity contribution >= 4 is 5.69 Å². The molecule has 0 saturated heterocycles. The number of aromatic hydroxyl groups is 1. The second-order valence-corrected chi connectivity index (χ2v) is 4.31. The van der Waals surface area contributed by atoms with Gasteiger partial charge in [-0.05, 0) is 44.2 Å². The van der Waals surface area contributed by atoms with Crippen LogP contribution < -0.4 is 11.1 Å². The first kappa shape index (κ1) is 13.3. The number of aromatic nitrogens is 2. The molecule has 19 heavy (non-hydrogen) atoms. The zero-order valence-corrected chi connectivity index (χ0v) is 10.9. The van der Waals surface area contributed by atoms with Crippen molar-refractivity contribution in [2.24, 2.45) is 5.73 Å². The molecule has 1 aromatic carbocycles. The van der Waals surface area contributed by atoms with Crippen LogP contribution in [-0.4, -0.2) is 28.2 Å². The molecule has 100 valence electrons. The summed E-state index contributed by atoms with van der Waals surface area (Å²) in [5.41, 5.74) is 8.16. The van der Waals surface area contributed by atoms with Gasteiger partial charge >= 0.3 is 0 Å². The van der Waals surface area contributed by atoms with Gasteiger partial charge in [0.2, 0.25) is 0 Å². The van der Waals surface area contributed by atoms with Gasteiger partial charge in [0, 0.05) is 12.1 Å². The second-order valence-electron chi connectivity index (χ2n) is 4.31. The average Bonchev–Trinajstić information content (AvgIpc) is 2.42. The van der Waals surface area contributed by atoms with E-state index < -0.39 is 0 Å². The molecule has 5 heteroatoms. The Hall–Kier alpha value is -2.14. The highest BCUT2D eigenvalue weighted by Crippen LogP contribution is 2.20. The van der Waals surface area contributed by atoms with E-state index in [1.54, 1.807) is 30.5 Å². The highest BCUT2D eigenvalue weighted by Gasteiger charge is 2.05. The number of nitrogens with two attached hydrogens (primary N) is 1. The third kappa shape index (κ3) is 3.42. The minimum Gasteiger partial charge on any atom is -0.508 e. The summed E-state index contributed by atoms with van der Waals surface area (Å²) < 4.78 is 0. The van der Waals surface area contributed by atoms with E-state index in [9.17, 15) is 5.11 Å². The third-order valence-corrected chi connectivity index (χ3v) is 2.80. The number of phenols is 1. The molecule has 0 amide bonds. The molecule has 2 rings (SSSR count). The van der Waals surface area contributed by atoms with Crippen LogP contribution >= 0.6 is 0 Å². The lowest BCUT2D eigenvalue weighted by Gasteiger charge is -2.09. The summed E-state index contributed by atoms with van der Waals surface area (Å²) in [6.07, 6.45) is 2.69. The molecule has 0 bridgehead atoms. The molecule has 0 aliphatic heterocycles. The molecule has 1 heterocycles. The van der Waals surface area contributed by atoms with Crippen molar-refractivity contribution in [2.45, 2.75) is 13.3 Å². The maximum atomic E-state index is 9.26. The number of hydrogen-bond donors (Lipinski definition) is 3. The molecule has 0 aliphatic carbocycles. The standard InChI is InChI=1S/C14H18N4O/c1-10-13(16-8-2-7-15)9-17-14(18-10)11-3-5-12(19)6-4-11/h3-6,9,16,19H,2,7-8,15H2,1H3. The van der Waals surface area contributed by atoms with Crippen LogP contribution in [0, 0.1) is 6.92 Å². The van der Waals surface area contributed by atoms with Gasteiger partial charge in [-0.25, -0.2) is 9.97 Å². The Balaban J connectivity index is 2.16. The van der Waals surface area contributed by atoms with Crippen LogP contribution in [0.5, 0.6) is 5.75 Å². The largest absolute Gasteiger partial charge is 0.508 e. The Morgan fingerprint density at radius 1 is 1.26 bits per heavy atom.